The molecule has 0 saturated carbocycles. The fourth-order valence-electron chi connectivity index (χ4n) is 4.87. The number of nitrogens with zero attached hydrogens (tertiary/aromatic N) is 3. The number of rotatable bonds is 4. The van der Waals surface area contributed by atoms with Crippen LogP contribution in [0.5, 0.6) is 5.75 Å². The quantitative estimate of drug-likeness (QED) is 0.692. The lowest BCUT2D eigenvalue weighted by atomic mass is 9.97. The summed E-state index contributed by atoms with van der Waals surface area (Å²) in [5.74, 6) is 0.775. The predicted octanol–water partition coefficient (Wildman–Crippen LogP) is -0.0673. The van der Waals surface area contributed by atoms with Crippen LogP contribution in [0.3, 0.4) is 0 Å². The van der Waals surface area contributed by atoms with Crippen LogP contribution in [0, 0.1) is 0 Å². The number of anilines is 1. The van der Waals surface area contributed by atoms with Gasteiger partial charge >= 0.3 is 5.69 Å². The molecule has 2 fully saturated rings. The molecule has 0 aliphatic carbocycles. The van der Waals surface area contributed by atoms with Gasteiger partial charge in [0.05, 0.1) is 48.5 Å². The zero-order valence-corrected chi connectivity index (χ0v) is 18.1. The summed E-state index contributed by atoms with van der Waals surface area (Å²) >= 11 is 0. The van der Waals surface area contributed by atoms with Crippen molar-refractivity contribution >= 4 is 15.5 Å². The van der Waals surface area contributed by atoms with Gasteiger partial charge in [-0.3, -0.25) is 4.79 Å². The van der Waals surface area contributed by atoms with Gasteiger partial charge in [-0.25, -0.2) is 13.2 Å². The molecule has 11 heteroatoms. The van der Waals surface area contributed by atoms with Crippen molar-refractivity contribution < 1.29 is 17.9 Å². The molecule has 2 saturated heterocycles. The van der Waals surface area contributed by atoms with Gasteiger partial charge in [0.2, 0.25) is 0 Å². The molecule has 3 aliphatic heterocycles. The van der Waals surface area contributed by atoms with Gasteiger partial charge in [-0.15, -0.1) is 0 Å². The number of benzene rings is 1. The van der Waals surface area contributed by atoms with E-state index in [-0.39, 0.29) is 6.42 Å². The molecule has 4 heterocycles. The Kier molecular flexibility index (Phi) is 4.63. The highest BCUT2D eigenvalue weighted by Crippen LogP contribution is 2.50. The Balaban J connectivity index is 1.42. The number of ether oxygens (including phenoxy) is 2. The molecule has 31 heavy (non-hydrogen) atoms. The second-order valence-electron chi connectivity index (χ2n) is 8.14. The van der Waals surface area contributed by atoms with Crippen molar-refractivity contribution in [3.63, 3.8) is 0 Å². The summed E-state index contributed by atoms with van der Waals surface area (Å²) in [6.45, 7) is 2.17. The van der Waals surface area contributed by atoms with Crippen LogP contribution in [0.1, 0.15) is 29.9 Å². The van der Waals surface area contributed by atoms with E-state index in [9.17, 15) is 18.0 Å². The first-order valence-electron chi connectivity index (χ1n) is 10.2. The Morgan fingerprint density at radius 2 is 1.84 bits per heavy atom. The van der Waals surface area contributed by atoms with E-state index in [1.165, 1.54) is 0 Å². The summed E-state index contributed by atoms with van der Waals surface area (Å²) in [6, 6.07) is 7.73. The van der Waals surface area contributed by atoms with Crippen molar-refractivity contribution in [3.8, 4) is 5.75 Å². The number of fused-ring (bicyclic) bond motifs is 5. The average Bonchev–Trinajstić information content (AvgIpc) is 3.33. The Labute approximate surface area is 178 Å². The number of sulfone groups is 1. The van der Waals surface area contributed by atoms with Crippen molar-refractivity contribution in [3.05, 3.63) is 56.4 Å². The highest BCUT2D eigenvalue weighted by molar-refractivity contribution is 7.91. The first-order chi connectivity index (χ1) is 14.8. The van der Waals surface area contributed by atoms with Gasteiger partial charge in [-0.1, -0.05) is 12.1 Å². The number of piperazine rings is 1. The Morgan fingerprint density at radius 3 is 2.52 bits per heavy atom. The molecule has 10 nitrogen and oxygen atoms in total. The van der Waals surface area contributed by atoms with Gasteiger partial charge in [0, 0.05) is 19.3 Å². The summed E-state index contributed by atoms with van der Waals surface area (Å²) in [5, 5.41) is 0.994. The summed E-state index contributed by atoms with van der Waals surface area (Å²) in [5.41, 5.74) is 0.654. The molecule has 2 aromatic rings. The molecular weight excluding hydrogens is 424 g/mol. The van der Waals surface area contributed by atoms with Gasteiger partial charge in [0.25, 0.3) is 5.56 Å². The molecule has 0 unspecified atom stereocenters. The van der Waals surface area contributed by atoms with E-state index >= 15 is 0 Å². The SMILES string of the molecule is COc1ccccc1N1CCN(n2c(=O)[nH]c3c(c2=O)[C@H]2C[C@@H](S(C)(=O)=O)[C@@H]3O2)CC1. The monoisotopic (exact) mass is 448 g/mol. The smallest absolute Gasteiger partial charge is 0.347 e. The summed E-state index contributed by atoms with van der Waals surface area (Å²) in [7, 11) is -1.72. The molecule has 1 aromatic carbocycles. The zero-order valence-electron chi connectivity index (χ0n) is 17.3. The minimum atomic E-state index is -3.35. The third-order valence-corrected chi connectivity index (χ3v) is 7.90. The van der Waals surface area contributed by atoms with Crippen LogP contribution in [0.4, 0.5) is 5.69 Å². The summed E-state index contributed by atoms with van der Waals surface area (Å²) in [4.78, 5) is 30.9. The van der Waals surface area contributed by atoms with Crippen LogP contribution in [-0.2, 0) is 14.6 Å². The Bertz CT molecular complexity index is 1250. The summed E-state index contributed by atoms with van der Waals surface area (Å²) in [6.07, 6.45) is -0.000888. The van der Waals surface area contributed by atoms with E-state index in [1.807, 2.05) is 24.3 Å². The number of aromatic nitrogens is 2. The maximum Gasteiger partial charge on any atom is 0.347 e. The summed E-state index contributed by atoms with van der Waals surface area (Å²) < 4.78 is 36.4. The third kappa shape index (κ3) is 3.14. The molecule has 0 spiro atoms. The number of methoxy groups -OCH3 is 1. The highest BCUT2D eigenvalue weighted by Gasteiger charge is 2.52. The van der Waals surface area contributed by atoms with Crippen molar-refractivity contribution in [1.82, 2.24) is 9.66 Å². The normalized spacial score (nSPS) is 25.0. The van der Waals surface area contributed by atoms with Crippen LogP contribution in [0.2, 0.25) is 0 Å². The molecule has 1 N–H and O–H groups in total. The van der Waals surface area contributed by atoms with E-state index in [4.69, 9.17) is 9.47 Å². The zero-order chi connectivity index (χ0) is 21.9. The molecule has 5 rings (SSSR count). The van der Waals surface area contributed by atoms with Gasteiger partial charge in [0.1, 0.15) is 11.9 Å². The standard InChI is InChI=1S/C20H24N4O6S/c1-29-13-6-4-3-5-12(13)22-7-9-23(10-8-22)24-19(25)16-14-11-15(31(2,27)28)18(30-14)17(16)21-20(24)26/h3-6,14-15,18H,7-11H2,1-2H3,(H,21,26)/t14-,15-,18+/m1/s1. The Hall–Kier alpha value is -2.79. The van der Waals surface area contributed by atoms with E-state index in [0.717, 1.165) is 22.4 Å². The minimum Gasteiger partial charge on any atom is -0.495 e. The molecule has 3 atom stereocenters. The second kappa shape index (κ2) is 7.13. The maximum absolute atomic E-state index is 13.2. The van der Waals surface area contributed by atoms with Crippen molar-refractivity contribution in [2.24, 2.45) is 0 Å². The number of hydrogen-bond donors (Lipinski definition) is 1. The van der Waals surface area contributed by atoms with E-state index < -0.39 is 38.5 Å². The van der Waals surface area contributed by atoms with Crippen LogP contribution in [0.15, 0.2) is 33.9 Å². The maximum atomic E-state index is 13.2. The number of hydrogen-bond acceptors (Lipinski definition) is 8. The molecule has 0 radical (unpaired) electrons. The molecular formula is C20H24N4O6S. The molecule has 166 valence electrons. The van der Waals surface area contributed by atoms with Crippen molar-refractivity contribution in [1.29, 1.82) is 0 Å². The highest BCUT2D eigenvalue weighted by atomic mass is 32.2. The van der Waals surface area contributed by atoms with E-state index in [2.05, 4.69) is 9.88 Å². The molecule has 0 amide bonds. The average molecular weight is 449 g/mol. The van der Waals surface area contributed by atoms with E-state index in [1.54, 1.807) is 12.1 Å². The largest absolute Gasteiger partial charge is 0.495 e. The lowest BCUT2D eigenvalue weighted by Crippen LogP contribution is -2.59. The second-order valence-corrected chi connectivity index (χ2v) is 10.4. The number of para-hydroxylation sites is 2. The first-order valence-corrected chi connectivity index (χ1v) is 12.1. The lowest BCUT2D eigenvalue weighted by Gasteiger charge is -2.37. The first kappa shape index (κ1) is 20.1. The van der Waals surface area contributed by atoms with Gasteiger partial charge in [-0.05, 0) is 18.6 Å². The fraction of sp³-hybridized carbons (Fsp3) is 0.500. The predicted molar refractivity (Wildman–Crippen MR) is 114 cm³/mol. The molecule has 3 aliphatic rings. The molecule has 2 bridgehead atoms. The van der Waals surface area contributed by atoms with Crippen LogP contribution in [-0.4, -0.2) is 62.9 Å². The number of H-pyrrole nitrogens is 1. The van der Waals surface area contributed by atoms with Crippen LogP contribution >= 0.6 is 0 Å². The minimum absolute atomic E-state index is 0.235. The third-order valence-electron chi connectivity index (χ3n) is 6.36. The van der Waals surface area contributed by atoms with Crippen LogP contribution in [0.25, 0.3) is 0 Å². The lowest BCUT2D eigenvalue weighted by molar-refractivity contribution is 0.0706. The fourth-order valence-corrected chi connectivity index (χ4v) is 6.04. The topological polar surface area (TPSA) is 114 Å². The van der Waals surface area contributed by atoms with Gasteiger partial charge < -0.3 is 24.4 Å². The van der Waals surface area contributed by atoms with E-state index in [0.29, 0.717) is 37.4 Å². The Morgan fingerprint density at radius 1 is 1.13 bits per heavy atom. The van der Waals surface area contributed by atoms with Gasteiger partial charge in [-0.2, -0.15) is 4.68 Å². The van der Waals surface area contributed by atoms with Crippen molar-refractivity contribution in [2.75, 3.05) is 49.5 Å². The van der Waals surface area contributed by atoms with Gasteiger partial charge in [0.15, 0.2) is 9.84 Å². The van der Waals surface area contributed by atoms with Crippen LogP contribution < -0.4 is 25.9 Å². The number of aromatic amines is 1. The van der Waals surface area contributed by atoms with Crippen molar-refractivity contribution in [2.45, 2.75) is 23.9 Å². The molecule has 1 aromatic heterocycles. The number of nitrogens with one attached hydrogen (secondary N) is 1.